The van der Waals surface area contributed by atoms with Crippen LogP contribution in [0.2, 0.25) is 0 Å². The number of phosphoric acid groups is 2. The topological polar surface area (TPSA) is 237 Å². The summed E-state index contributed by atoms with van der Waals surface area (Å²) in [4.78, 5) is 73.0. The number of unbranched alkanes of at least 4 members (excludes halogenated alkanes) is 42. The first-order valence-corrected chi connectivity index (χ1v) is 43.3. The predicted octanol–water partition coefficient (Wildman–Crippen LogP) is 23.1. The highest BCUT2D eigenvalue weighted by Crippen LogP contribution is 2.45. The van der Waals surface area contributed by atoms with Gasteiger partial charge in [0.05, 0.1) is 26.4 Å². The summed E-state index contributed by atoms with van der Waals surface area (Å²) in [6.45, 7) is 9.57. The van der Waals surface area contributed by atoms with Gasteiger partial charge in [-0.25, -0.2) is 9.13 Å². The second-order valence-electron chi connectivity index (χ2n) is 28.5. The summed E-state index contributed by atoms with van der Waals surface area (Å²) in [6.07, 6.45) is 61.7. The Morgan fingerprint density at radius 2 is 0.602 bits per heavy atom. The van der Waals surface area contributed by atoms with Gasteiger partial charge in [0.1, 0.15) is 19.3 Å². The quantitative estimate of drug-likeness (QED) is 0.0169. The number of aliphatic hydroxyl groups is 1. The minimum absolute atomic E-state index is 0.100. The molecule has 0 aromatic rings. The molecule has 0 aromatic heterocycles. The maximum Gasteiger partial charge on any atom is 0.472 e. The van der Waals surface area contributed by atoms with Gasteiger partial charge in [-0.15, -0.1) is 0 Å². The molecule has 17 nitrogen and oxygen atoms in total. The molecule has 0 saturated heterocycles. The third-order valence-electron chi connectivity index (χ3n) is 18.2. The second-order valence-corrected chi connectivity index (χ2v) is 31.4. The van der Waals surface area contributed by atoms with E-state index in [1.54, 1.807) is 0 Å². The molecule has 0 amide bonds. The molecule has 578 valence electrons. The molecule has 0 saturated carbocycles. The lowest BCUT2D eigenvalue weighted by molar-refractivity contribution is -0.161. The van der Waals surface area contributed by atoms with Gasteiger partial charge in [0.15, 0.2) is 12.2 Å². The van der Waals surface area contributed by atoms with Crippen molar-refractivity contribution >= 4 is 39.5 Å². The molecule has 0 aliphatic carbocycles. The summed E-state index contributed by atoms with van der Waals surface area (Å²) >= 11 is 0. The van der Waals surface area contributed by atoms with Crippen LogP contribution < -0.4 is 0 Å². The van der Waals surface area contributed by atoms with Crippen molar-refractivity contribution in [1.29, 1.82) is 0 Å². The lowest BCUT2D eigenvalue weighted by Crippen LogP contribution is -2.30. The highest BCUT2D eigenvalue weighted by atomic mass is 31.2. The molecule has 0 aromatic carbocycles. The van der Waals surface area contributed by atoms with E-state index in [2.05, 4.69) is 65.8 Å². The molecule has 0 fully saturated rings. The first-order chi connectivity index (χ1) is 47.4. The smallest absolute Gasteiger partial charge is 0.462 e. The van der Waals surface area contributed by atoms with Crippen LogP contribution in [0.4, 0.5) is 0 Å². The zero-order valence-electron chi connectivity index (χ0n) is 63.6. The fourth-order valence-electron chi connectivity index (χ4n) is 11.6. The van der Waals surface area contributed by atoms with Crippen molar-refractivity contribution < 1.29 is 80.2 Å². The van der Waals surface area contributed by atoms with Gasteiger partial charge in [0, 0.05) is 25.7 Å². The van der Waals surface area contributed by atoms with E-state index in [4.69, 9.17) is 37.0 Å². The summed E-state index contributed by atoms with van der Waals surface area (Å²) < 4.78 is 68.6. The molecule has 0 heterocycles. The number of phosphoric ester groups is 2. The van der Waals surface area contributed by atoms with Crippen molar-refractivity contribution in [3.8, 4) is 0 Å². The fourth-order valence-corrected chi connectivity index (χ4v) is 13.2. The third kappa shape index (κ3) is 70.6. The largest absolute Gasteiger partial charge is 0.472 e. The Morgan fingerprint density at radius 3 is 0.918 bits per heavy atom. The summed E-state index contributed by atoms with van der Waals surface area (Å²) in [7, 11) is -9.93. The maximum atomic E-state index is 13.1. The van der Waals surface area contributed by atoms with E-state index in [0.717, 1.165) is 121 Å². The second kappa shape index (κ2) is 70.2. The van der Waals surface area contributed by atoms with Crippen molar-refractivity contribution in [1.82, 2.24) is 0 Å². The number of carbonyl (C=O) groups excluding carboxylic acids is 4. The average Bonchev–Trinajstić information content (AvgIpc) is 0.991. The van der Waals surface area contributed by atoms with Crippen molar-refractivity contribution in [2.45, 2.75) is 407 Å². The van der Waals surface area contributed by atoms with Crippen LogP contribution >= 0.6 is 15.6 Å². The summed E-state index contributed by atoms with van der Waals surface area (Å²) in [5.74, 6) is -0.580. The van der Waals surface area contributed by atoms with Gasteiger partial charge < -0.3 is 33.8 Å². The number of allylic oxidation sites excluding steroid dienone is 4. The zero-order chi connectivity index (χ0) is 72.1. The van der Waals surface area contributed by atoms with Gasteiger partial charge >= 0.3 is 39.5 Å². The van der Waals surface area contributed by atoms with Crippen LogP contribution in [0.25, 0.3) is 0 Å². The normalized spacial score (nSPS) is 14.4. The monoisotopic (exact) mass is 1430 g/mol. The number of hydrogen-bond acceptors (Lipinski definition) is 15. The van der Waals surface area contributed by atoms with Gasteiger partial charge in [0.25, 0.3) is 0 Å². The molecule has 3 unspecified atom stereocenters. The van der Waals surface area contributed by atoms with E-state index >= 15 is 0 Å². The lowest BCUT2D eigenvalue weighted by atomic mass is 9.99. The Morgan fingerprint density at radius 1 is 0.337 bits per heavy atom. The minimum Gasteiger partial charge on any atom is -0.462 e. The van der Waals surface area contributed by atoms with E-state index in [1.165, 1.54) is 186 Å². The standard InChI is InChI=1S/C79H150O17P2/c1-7-10-12-14-16-18-20-22-24-28-32-36-43-49-55-61-76(81)89-67-74(95-79(84)64-58-52-46-38-34-30-26-27-31-35-41-47-53-59-71(4)5)69-93-97(85,86)91-65-73(80)66-92-98(87,88)94-70-75(68-90-77(82)62-56-50-44-40-39-42-48-54-60-72(6)9-3)96-78(83)63-57-51-45-37-33-29-25-23-21-19-17-15-13-11-8-2/h18,20,22,24,71-75,80H,7-17,19,21,23,25-70H2,1-6H3,(H,85,86)(H,87,88)/b20-18-,24-22-/t72?,73-,74-,75-/m1/s1. The Kier molecular flexibility index (Phi) is 68.5. The maximum absolute atomic E-state index is 13.1. The lowest BCUT2D eigenvalue weighted by Gasteiger charge is -2.21. The molecule has 0 rings (SSSR count). The fraction of sp³-hybridized carbons (Fsp3) is 0.899. The van der Waals surface area contributed by atoms with E-state index in [9.17, 15) is 43.2 Å². The van der Waals surface area contributed by atoms with Gasteiger partial charge in [-0.1, -0.05) is 336 Å². The molecule has 6 atom stereocenters. The molecular formula is C79H150O17P2. The van der Waals surface area contributed by atoms with Crippen molar-refractivity contribution in [3.05, 3.63) is 24.3 Å². The molecule has 0 aliphatic heterocycles. The van der Waals surface area contributed by atoms with Crippen LogP contribution in [0.1, 0.15) is 388 Å². The Hall–Kier alpha value is -2.46. The number of aliphatic hydroxyl groups excluding tert-OH is 1. The summed E-state index contributed by atoms with van der Waals surface area (Å²) in [5.41, 5.74) is 0. The first kappa shape index (κ1) is 95.5. The van der Waals surface area contributed by atoms with Crippen LogP contribution in [0.15, 0.2) is 24.3 Å². The van der Waals surface area contributed by atoms with Crippen LogP contribution in [0.5, 0.6) is 0 Å². The molecular weight excluding hydrogens is 1280 g/mol. The van der Waals surface area contributed by atoms with Crippen LogP contribution in [-0.4, -0.2) is 96.7 Å². The predicted molar refractivity (Wildman–Crippen MR) is 400 cm³/mol. The minimum atomic E-state index is -4.97. The number of esters is 4. The Balaban J connectivity index is 5.31. The summed E-state index contributed by atoms with van der Waals surface area (Å²) in [6, 6.07) is 0. The third-order valence-corrected chi connectivity index (χ3v) is 20.1. The molecule has 19 heteroatoms. The molecule has 0 radical (unpaired) electrons. The van der Waals surface area contributed by atoms with Crippen LogP contribution in [0, 0.1) is 11.8 Å². The number of hydrogen-bond donors (Lipinski definition) is 3. The van der Waals surface area contributed by atoms with Crippen LogP contribution in [-0.2, 0) is 65.4 Å². The highest BCUT2D eigenvalue weighted by molar-refractivity contribution is 7.47. The van der Waals surface area contributed by atoms with Crippen LogP contribution in [0.3, 0.4) is 0 Å². The van der Waals surface area contributed by atoms with E-state index in [-0.39, 0.29) is 25.7 Å². The van der Waals surface area contributed by atoms with E-state index < -0.39 is 97.5 Å². The molecule has 0 spiro atoms. The number of ether oxygens (including phenoxy) is 4. The van der Waals surface area contributed by atoms with E-state index in [1.807, 2.05) is 0 Å². The van der Waals surface area contributed by atoms with Gasteiger partial charge in [-0.2, -0.15) is 0 Å². The summed E-state index contributed by atoms with van der Waals surface area (Å²) in [5, 5.41) is 10.6. The Labute approximate surface area is 599 Å². The number of carbonyl (C=O) groups is 4. The van der Waals surface area contributed by atoms with Crippen molar-refractivity contribution in [3.63, 3.8) is 0 Å². The molecule has 0 bridgehead atoms. The van der Waals surface area contributed by atoms with Gasteiger partial charge in [-0.05, 0) is 63.2 Å². The molecule has 98 heavy (non-hydrogen) atoms. The van der Waals surface area contributed by atoms with Crippen molar-refractivity contribution in [2.24, 2.45) is 11.8 Å². The average molecular weight is 1430 g/mol. The zero-order valence-corrected chi connectivity index (χ0v) is 65.4. The Bertz CT molecular complexity index is 1990. The molecule has 0 aliphatic rings. The SMILES string of the molecule is CCCCCC/C=C\C=C/CCCCCCCC(=O)OC[C@H](COP(=O)(O)OC[C@@H](O)COP(=O)(O)OC[C@@H](COC(=O)CCCCCCCCCCC(C)CC)OC(=O)CCCCCCCCCCCCCCCCC)OC(=O)CCCCCCCCCCCCCCCC(C)C. The van der Waals surface area contributed by atoms with Gasteiger partial charge in [-0.3, -0.25) is 37.3 Å². The van der Waals surface area contributed by atoms with Crippen molar-refractivity contribution in [2.75, 3.05) is 39.6 Å². The van der Waals surface area contributed by atoms with Gasteiger partial charge in [0.2, 0.25) is 0 Å². The highest BCUT2D eigenvalue weighted by Gasteiger charge is 2.30. The van der Waals surface area contributed by atoms with E-state index in [0.29, 0.717) is 25.7 Å². The first-order valence-electron chi connectivity index (χ1n) is 40.3. The number of rotatable bonds is 76. The molecule has 3 N–H and O–H groups in total.